The van der Waals surface area contributed by atoms with E-state index < -0.39 is 9.84 Å². The summed E-state index contributed by atoms with van der Waals surface area (Å²) in [6.07, 6.45) is 1.21. The summed E-state index contributed by atoms with van der Waals surface area (Å²) >= 11 is 6.93. The van der Waals surface area contributed by atoms with Crippen molar-refractivity contribution < 1.29 is 8.42 Å². The Balaban J connectivity index is 2.03. The van der Waals surface area contributed by atoms with Crippen molar-refractivity contribution in [2.75, 3.05) is 11.6 Å². The van der Waals surface area contributed by atoms with Crippen molar-refractivity contribution in [3.05, 3.63) is 46.1 Å². The number of aromatic nitrogens is 1. The number of rotatable bonds is 5. The molecule has 8 heteroatoms. The fourth-order valence-electron chi connectivity index (χ4n) is 1.73. The van der Waals surface area contributed by atoms with E-state index in [1.807, 2.05) is 18.2 Å². The van der Waals surface area contributed by atoms with Crippen molar-refractivity contribution in [3.8, 4) is 6.07 Å². The molecule has 0 amide bonds. The normalized spacial score (nSPS) is 11.1. The predicted molar refractivity (Wildman–Crippen MR) is 84.2 cm³/mol. The highest BCUT2D eigenvalue weighted by molar-refractivity contribution is 7.89. The number of sulfone groups is 1. The van der Waals surface area contributed by atoms with Crippen LogP contribution in [0.4, 0.5) is 5.00 Å². The first-order chi connectivity index (χ1) is 9.89. The molecule has 0 saturated heterocycles. The highest BCUT2D eigenvalue weighted by atomic mass is 35.5. The van der Waals surface area contributed by atoms with Gasteiger partial charge in [0.25, 0.3) is 0 Å². The minimum absolute atomic E-state index is 0.0315. The molecule has 0 unspecified atom stereocenters. The van der Waals surface area contributed by atoms with Crippen LogP contribution in [0.1, 0.15) is 16.7 Å². The molecule has 0 radical (unpaired) electrons. The van der Waals surface area contributed by atoms with Gasteiger partial charge in [0.15, 0.2) is 15.0 Å². The molecule has 1 aromatic carbocycles. The van der Waals surface area contributed by atoms with Gasteiger partial charge in [0, 0.05) is 12.8 Å². The third-order valence-electron chi connectivity index (χ3n) is 2.67. The number of nitrogens with zero attached hydrogens (tertiary/aromatic N) is 2. The molecule has 1 heterocycles. The van der Waals surface area contributed by atoms with Gasteiger partial charge in [0.1, 0.15) is 16.6 Å². The van der Waals surface area contributed by atoms with Gasteiger partial charge in [0.2, 0.25) is 0 Å². The van der Waals surface area contributed by atoms with Crippen LogP contribution in [0, 0.1) is 11.3 Å². The number of anilines is 1. The molecule has 1 aromatic heterocycles. The van der Waals surface area contributed by atoms with E-state index in [0.29, 0.717) is 17.1 Å². The number of halogens is 1. The Kier molecular flexibility index (Phi) is 4.83. The molecule has 21 heavy (non-hydrogen) atoms. The first-order valence-corrected chi connectivity index (χ1v) is 9.15. The van der Waals surface area contributed by atoms with E-state index in [-0.39, 0.29) is 10.9 Å². The van der Waals surface area contributed by atoms with Crippen LogP contribution in [0.3, 0.4) is 0 Å². The Morgan fingerprint density at radius 3 is 2.52 bits per heavy atom. The minimum Gasteiger partial charge on any atom is -0.370 e. The molecular weight excluding hydrogens is 330 g/mol. The van der Waals surface area contributed by atoms with Crippen LogP contribution in [0.25, 0.3) is 0 Å². The second kappa shape index (κ2) is 6.43. The smallest absolute Gasteiger partial charge is 0.162 e. The lowest BCUT2D eigenvalue weighted by Gasteiger charge is -2.05. The molecule has 0 atom stereocenters. The number of nitriles is 1. The quantitative estimate of drug-likeness (QED) is 0.904. The third kappa shape index (κ3) is 4.43. The summed E-state index contributed by atoms with van der Waals surface area (Å²) in [5.41, 5.74) is 2.07. The average molecular weight is 342 g/mol. The standard InChI is InChI=1S/C13H12ClN3O2S2/c1-21(18,19)8-10-4-2-9(3-5-10)7-16-13-11(6-15)12(14)17-20-13/h2-5,16H,7-8H2,1H3. The van der Waals surface area contributed by atoms with E-state index in [0.717, 1.165) is 22.7 Å². The average Bonchev–Trinajstić information content (AvgIpc) is 2.76. The van der Waals surface area contributed by atoms with E-state index in [9.17, 15) is 8.42 Å². The fourth-order valence-corrected chi connectivity index (χ4v) is 3.45. The van der Waals surface area contributed by atoms with Crippen LogP contribution in [0.2, 0.25) is 5.15 Å². The number of nitrogens with one attached hydrogen (secondary N) is 1. The molecule has 0 aliphatic heterocycles. The molecule has 110 valence electrons. The maximum atomic E-state index is 11.2. The Hall–Kier alpha value is -1.62. The zero-order valence-electron chi connectivity index (χ0n) is 11.1. The molecular formula is C13H12ClN3O2S2. The van der Waals surface area contributed by atoms with Crippen LogP contribution in [0.15, 0.2) is 24.3 Å². The highest BCUT2D eigenvalue weighted by Crippen LogP contribution is 2.27. The molecule has 0 saturated carbocycles. The molecule has 0 bridgehead atoms. The molecule has 2 aromatic rings. The van der Waals surface area contributed by atoms with Gasteiger partial charge in [-0.1, -0.05) is 35.9 Å². The number of hydrogen-bond acceptors (Lipinski definition) is 6. The van der Waals surface area contributed by atoms with Crippen LogP contribution < -0.4 is 5.32 Å². The van der Waals surface area contributed by atoms with E-state index in [1.165, 1.54) is 6.26 Å². The Morgan fingerprint density at radius 1 is 1.33 bits per heavy atom. The number of benzene rings is 1. The topological polar surface area (TPSA) is 82.8 Å². The summed E-state index contributed by atoms with van der Waals surface area (Å²) in [7, 11) is -3.02. The second-order valence-corrected chi connectivity index (χ2v) is 7.80. The van der Waals surface area contributed by atoms with E-state index >= 15 is 0 Å². The summed E-state index contributed by atoms with van der Waals surface area (Å²) in [4.78, 5) is 0. The van der Waals surface area contributed by atoms with Gasteiger partial charge >= 0.3 is 0 Å². The van der Waals surface area contributed by atoms with Gasteiger partial charge in [-0.3, -0.25) is 0 Å². The van der Waals surface area contributed by atoms with Gasteiger partial charge in [0.05, 0.1) is 5.75 Å². The molecule has 0 aliphatic carbocycles. The van der Waals surface area contributed by atoms with Crippen LogP contribution >= 0.6 is 23.1 Å². The predicted octanol–water partition coefficient (Wildman–Crippen LogP) is 2.82. The summed E-state index contributed by atoms with van der Waals surface area (Å²) < 4.78 is 26.3. The van der Waals surface area contributed by atoms with E-state index in [2.05, 4.69) is 9.69 Å². The van der Waals surface area contributed by atoms with Crippen molar-refractivity contribution in [2.24, 2.45) is 0 Å². The third-order valence-corrected chi connectivity index (χ3v) is 4.70. The summed E-state index contributed by atoms with van der Waals surface area (Å²) in [5, 5.41) is 12.9. The lowest BCUT2D eigenvalue weighted by Crippen LogP contribution is -2.02. The van der Waals surface area contributed by atoms with E-state index in [4.69, 9.17) is 16.9 Å². The molecule has 2 rings (SSSR count). The van der Waals surface area contributed by atoms with Crippen molar-refractivity contribution in [1.82, 2.24) is 4.37 Å². The Bertz CT molecular complexity index is 777. The first kappa shape index (κ1) is 15.8. The van der Waals surface area contributed by atoms with Gasteiger partial charge in [-0.25, -0.2) is 8.42 Å². The maximum Gasteiger partial charge on any atom is 0.162 e. The fraction of sp³-hybridized carbons (Fsp3) is 0.231. The minimum atomic E-state index is -3.02. The Labute approximate surface area is 132 Å². The lowest BCUT2D eigenvalue weighted by molar-refractivity contribution is 0.601. The molecule has 0 fully saturated rings. The molecule has 0 aliphatic rings. The van der Waals surface area contributed by atoms with Gasteiger partial charge in [-0.15, -0.1) is 0 Å². The zero-order chi connectivity index (χ0) is 15.5. The van der Waals surface area contributed by atoms with Crippen LogP contribution in [-0.2, 0) is 22.1 Å². The first-order valence-electron chi connectivity index (χ1n) is 5.94. The molecule has 1 N–H and O–H groups in total. The van der Waals surface area contributed by atoms with Gasteiger partial charge in [-0.2, -0.15) is 9.64 Å². The zero-order valence-corrected chi connectivity index (χ0v) is 13.5. The van der Waals surface area contributed by atoms with Crippen molar-refractivity contribution >= 4 is 38.0 Å². The van der Waals surface area contributed by atoms with Crippen molar-refractivity contribution in [3.63, 3.8) is 0 Å². The molecule has 5 nitrogen and oxygen atoms in total. The highest BCUT2D eigenvalue weighted by Gasteiger charge is 2.11. The van der Waals surface area contributed by atoms with E-state index in [1.54, 1.807) is 12.1 Å². The molecule has 0 spiro atoms. The maximum absolute atomic E-state index is 11.2. The summed E-state index contributed by atoms with van der Waals surface area (Å²) in [6.45, 7) is 0.506. The van der Waals surface area contributed by atoms with Crippen LogP contribution in [0.5, 0.6) is 0 Å². The second-order valence-electron chi connectivity index (χ2n) is 4.53. The largest absolute Gasteiger partial charge is 0.370 e. The van der Waals surface area contributed by atoms with Crippen molar-refractivity contribution in [2.45, 2.75) is 12.3 Å². The summed E-state index contributed by atoms with van der Waals surface area (Å²) in [5.74, 6) is 0.0315. The van der Waals surface area contributed by atoms with Gasteiger partial charge in [-0.05, 0) is 22.7 Å². The van der Waals surface area contributed by atoms with Crippen molar-refractivity contribution in [1.29, 1.82) is 5.26 Å². The number of hydrogen-bond donors (Lipinski definition) is 1. The Morgan fingerprint density at radius 2 is 1.95 bits per heavy atom. The van der Waals surface area contributed by atoms with Crippen LogP contribution in [-0.4, -0.2) is 19.0 Å². The summed E-state index contributed by atoms with van der Waals surface area (Å²) in [6, 6.07) is 9.26. The SMILES string of the molecule is CS(=O)(=O)Cc1ccc(CNc2snc(Cl)c2C#N)cc1. The lowest BCUT2D eigenvalue weighted by atomic mass is 10.1. The van der Waals surface area contributed by atoms with Gasteiger partial charge < -0.3 is 5.32 Å². The monoisotopic (exact) mass is 341 g/mol.